The SMILES string of the molecule is [Li+].[Li+].[Li+].[Li+].[c-]1ccc(-c2cc(-c3ccccc3)c(-c3cc[c-]cc3)c(-c3cc[c-]cc3)c2-c2cc[c-]cc2)cc1. The van der Waals surface area contributed by atoms with Crippen molar-refractivity contribution in [1.82, 2.24) is 0 Å². The summed E-state index contributed by atoms with van der Waals surface area (Å²) in [6.07, 6.45) is 0. The second kappa shape index (κ2) is 16.2. The van der Waals surface area contributed by atoms with Crippen LogP contribution in [0.2, 0.25) is 0 Å². The Balaban J connectivity index is 0.00000140. The Morgan fingerprint density at radius 2 is 0.600 bits per heavy atom. The Morgan fingerprint density at radius 3 is 0.975 bits per heavy atom. The smallest absolute Gasteiger partial charge is 0.184 e. The van der Waals surface area contributed by atoms with Gasteiger partial charge in [-0.1, -0.05) is 30.3 Å². The van der Waals surface area contributed by atoms with E-state index < -0.39 is 0 Å². The number of benzene rings is 6. The standard InChI is InChI=1S/C36H22.4Li/c1-6-16-27(17-7-1)32-26-33(28-18-8-2-9-19-28)35(30-22-12-4-13-23-30)36(31-24-14-5-15-25-31)34(32)29-20-10-3-11-21-29;;;;/h1,6-26H;;;;/q-4;4*+1. The average Bonchev–Trinajstić information content (AvgIpc) is 2.98. The van der Waals surface area contributed by atoms with Crippen molar-refractivity contribution < 1.29 is 75.4 Å². The monoisotopic (exact) mass is 482 g/mol. The zero-order chi connectivity index (χ0) is 24.2. The molecule has 6 aromatic carbocycles. The van der Waals surface area contributed by atoms with Crippen LogP contribution in [0.15, 0.2) is 133 Å². The normalized spacial score (nSPS) is 9.70. The first-order valence-electron chi connectivity index (χ1n) is 12.0. The molecule has 0 aromatic heterocycles. The van der Waals surface area contributed by atoms with E-state index in [4.69, 9.17) is 0 Å². The van der Waals surface area contributed by atoms with E-state index in [-0.39, 0.29) is 75.4 Å². The van der Waals surface area contributed by atoms with E-state index in [9.17, 15) is 0 Å². The van der Waals surface area contributed by atoms with Crippen LogP contribution in [-0.2, 0) is 0 Å². The molecule has 0 nitrogen and oxygen atoms in total. The molecule has 170 valence electrons. The second-order valence-electron chi connectivity index (χ2n) is 8.62. The maximum atomic E-state index is 3.20. The minimum atomic E-state index is 0. The minimum Gasteiger partial charge on any atom is -0.184 e. The van der Waals surface area contributed by atoms with Gasteiger partial charge in [-0.2, -0.15) is 121 Å². The third-order valence-electron chi connectivity index (χ3n) is 6.46. The van der Waals surface area contributed by atoms with Crippen LogP contribution in [0.5, 0.6) is 0 Å². The van der Waals surface area contributed by atoms with Crippen molar-refractivity contribution >= 4 is 0 Å². The minimum absolute atomic E-state index is 0. The zero-order valence-corrected chi connectivity index (χ0v) is 23.7. The van der Waals surface area contributed by atoms with Gasteiger partial charge >= 0.3 is 75.4 Å². The van der Waals surface area contributed by atoms with Gasteiger partial charge < -0.3 is 0 Å². The number of hydrogen-bond acceptors (Lipinski definition) is 0. The van der Waals surface area contributed by atoms with Crippen molar-refractivity contribution in [2.24, 2.45) is 0 Å². The van der Waals surface area contributed by atoms with Crippen molar-refractivity contribution in [3.05, 3.63) is 158 Å². The van der Waals surface area contributed by atoms with Crippen LogP contribution in [0.1, 0.15) is 0 Å². The van der Waals surface area contributed by atoms with E-state index in [0.717, 1.165) is 22.3 Å². The Morgan fingerprint density at radius 1 is 0.300 bits per heavy atom. The second-order valence-corrected chi connectivity index (χ2v) is 8.62. The van der Waals surface area contributed by atoms with E-state index in [2.05, 4.69) is 109 Å². The van der Waals surface area contributed by atoms with Crippen molar-refractivity contribution in [1.29, 1.82) is 0 Å². The fraction of sp³-hybridized carbons (Fsp3) is 0. The number of hydrogen-bond donors (Lipinski definition) is 0. The van der Waals surface area contributed by atoms with Crippen LogP contribution in [0.25, 0.3) is 55.6 Å². The third kappa shape index (κ3) is 7.12. The molecule has 0 heterocycles. The molecule has 6 aromatic rings. The van der Waals surface area contributed by atoms with Gasteiger partial charge in [0.05, 0.1) is 0 Å². The molecule has 4 heteroatoms. The summed E-state index contributed by atoms with van der Waals surface area (Å²) in [7, 11) is 0. The Kier molecular flexibility index (Phi) is 13.8. The third-order valence-corrected chi connectivity index (χ3v) is 6.46. The molecular weight excluding hydrogens is 460 g/mol. The summed E-state index contributed by atoms with van der Waals surface area (Å²) in [6.45, 7) is 0. The molecule has 6 rings (SSSR count). The summed E-state index contributed by atoms with van der Waals surface area (Å²) < 4.78 is 0. The molecule has 0 radical (unpaired) electrons. The van der Waals surface area contributed by atoms with Crippen LogP contribution in [0.3, 0.4) is 0 Å². The van der Waals surface area contributed by atoms with Gasteiger partial charge in [0.25, 0.3) is 0 Å². The van der Waals surface area contributed by atoms with E-state index in [1.165, 1.54) is 33.4 Å². The molecule has 0 fully saturated rings. The molecule has 0 saturated carbocycles. The van der Waals surface area contributed by atoms with Gasteiger partial charge in [0.15, 0.2) is 0 Å². The number of rotatable bonds is 5. The van der Waals surface area contributed by atoms with Gasteiger partial charge in [-0.15, -0.1) is 22.3 Å². The zero-order valence-electron chi connectivity index (χ0n) is 23.7. The fourth-order valence-electron chi connectivity index (χ4n) is 4.87. The van der Waals surface area contributed by atoms with Gasteiger partial charge in [0.2, 0.25) is 0 Å². The van der Waals surface area contributed by atoms with Crippen LogP contribution < -0.4 is 75.4 Å². The first-order valence-corrected chi connectivity index (χ1v) is 12.0. The Labute approximate surface area is 286 Å². The summed E-state index contributed by atoms with van der Waals surface area (Å²) in [5.74, 6) is 0. The van der Waals surface area contributed by atoms with Gasteiger partial charge in [0.1, 0.15) is 0 Å². The van der Waals surface area contributed by atoms with Crippen LogP contribution in [0, 0.1) is 24.3 Å². The summed E-state index contributed by atoms with van der Waals surface area (Å²) in [5.41, 5.74) is 11.8. The first-order chi connectivity index (χ1) is 17.9. The van der Waals surface area contributed by atoms with Crippen molar-refractivity contribution in [2.45, 2.75) is 0 Å². The van der Waals surface area contributed by atoms with Crippen molar-refractivity contribution in [3.8, 4) is 55.6 Å². The fourth-order valence-corrected chi connectivity index (χ4v) is 4.87. The Bertz CT molecular complexity index is 1490. The van der Waals surface area contributed by atoms with E-state index in [0.29, 0.717) is 0 Å². The van der Waals surface area contributed by atoms with Crippen LogP contribution in [-0.4, -0.2) is 0 Å². The molecule has 0 aliphatic rings. The first kappa shape index (κ1) is 33.9. The van der Waals surface area contributed by atoms with E-state index in [1.807, 2.05) is 48.5 Å². The van der Waals surface area contributed by atoms with Crippen LogP contribution in [0.4, 0.5) is 0 Å². The van der Waals surface area contributed by atoms with Gasteiger partial charge in [-0.25, -0.2) is 0 Å². The van der Waals surface area contributed by atoms with Gasteiger partial charge in [-0.3, -0.25) is 0 Å². The molecule has 40 heavy (non-hydrogen) atoms. The molecule has 0 saturated heterocycles. The van der Waals surface area contributed by atoms with E-state index in [1.54, 1.807) is 0 Å². The molecule has 0 spiro atoms. The largest absolute Gasteiger partial charge is 1.00 e. The quantitative estimate of drug-likeness (QED) is 0.185. The summed E-state index contributed by atoms with van der Waals surface area (Å²) in [6, 6.07) is 58.9. The summed E-state index contributed by atoms with van der Waals surface area (Å²) >= 11 is 0. The predicted molar refractivity (Wildman–Crippen MR) is 149 cm³/mol. The summed E-state index contributed by atoms with van der Waals surface area (Å²) in [5, 5.41) is 0. The van der Waals surface area contributed by atoms with Crippen molar-refractivity contribution in [2.75, 3.05) is 0 Å². The average molecular weight is 482 g/mol. The molecule has 0 unspecified atom stereocenters. The maximum Gasteiger partial charge on any atom is 1.00 e. The summed E-state index contributed by atoms with van der Waals surface area (Å²) in [4.78, 5) is 0. The Hall–Kier alpha value is -2.29. The van der Waals surface area contributed by atoms with Crippen LogP contribution >= 0.6 is 0 Å². The molecular formula is C36H22Li4. The van der Waals surface area contributed by atoms with Gasteiger partial charge in [0, 0.05) is 0 Å². The molecule has 0 N–H and O–H groups in total. The molecule has 0 atom stereocenters. The van der Waals surface area contributed by atoms with Crippen molar-refractivity contribution in [3.63, 3.8) is 0 Å². The predicted octanol–water partition coefficient (Wildman–Crippen LogP) is -2.76. The molecule has 0 amide bonds. The van der Waals surface area contributed by atoms with E-state index >= 15 is 0 Å². The molecule has 0 aliphatic carbocycles. The van der Waals surface area contributed by atoms with Gasteiger partial charge in [-0.05, 0) is 39.4 Å². The topological polar surface area (TPSA) is 0 Å². The molecule has 0 bridgehead atoms. The maximum absolute atomic E-state index is 3.20. The molecule has 0 aliphatic heterocycles.